The number of para-hydroxylation sites is 4. The maximum atomic E-state index is 13.7. The van der Waals surface area contributed by atoms with Crippen molar-refractivity contribution in [2.24, 2.45) is 0 Å². The zero-order valence-electron chi connectivity index (χ0n) is 28.7. The highest BCUT2D eigenvalue weighted by Crippen LogP contribution is 2.47. The van der Waals surface area contributed by atoms with Gasteiger partial charge in [-0.1, -0.05) is 109 Å². The molecule has 1 heterocycles. The molecule has 1 aliphatic heterocycles. The molecular formula is C48H34N2O2S. The maximum absolute atomic E-state index is 13.7. The second-order valence-corrected chi connectivity index (χ2v) is 14.9. The van der Waals surface area contributed by atoms with Crippen molar-refractivity contribution in [3.63, 3.8) is 0 Å². The van der Waals surface area contributed by atoms with Gasteiger partial charge in [-0.2, -0.15) is 0 Å². The van der Waals surface area contributed by atoms with Gasteiger partial charge in [0.15, 0.2) is 0 Å². The molecule has 0 atom stereocenters. The number of hydrogen-bond acceptors (Lipinski definition) is 4. The average molecular weight is 703 g/mol. The van der Waals surface area contributed by atoms with Gasteiger partial charge in [-0.15, -0.1) is 0 Å². The molecule has 0 radical (unpaired) electrons. The monoisotopic (exact) mass is 702 g/mol. The van der Waals surface area contributed by atoms with E-state index in [2.05, 4.69) is 107 Å². The highest BCUT2D eigenvalue weighted by molar-refractivity contribution is 7.92. The summed E-state index contributed by atoms with van der Waals surface area (Å²) in [5.41, 5.74) is 11.8. The summed E-state index contributed by atoms with van der Waals surface area (Å²) >= 11 is 0. The number of hydrogen-bond donors (Lipinski definition) is 0. The minimum absolute atomic E-state index is 0.348. The van der Waals surface area contributed by atoms with Crippen molar-refractivity contribution in [3.05, 3.63) is 206 Å². The maximum Gasteiger partial charge on any atom is 0.207 e. The highest BCUT2D eigenvalue weighted by atomic mass is 32.2. The lowest BCUT2D eigenvalue weighted by Crippen LogP contribution is -2.09. The van der Waals surface area contributed by atoms with Crippen molar-refractivity contribution in [1.82, 2.24) is 0 Å². The van der Waals surface area contributed by atoms with Crippen LogP contribution in [0.1, 0.15) is 0 Å². The van der Waals surface area contributed by atoms with E-state index < -0.39 is 9.84 Å². The average Bonchev–Trinajstić information content (AvgIpc) is 3.45. The third-order valence-electron chi connectivity index (χ3n) is 9.80. The summed E-state index contributed by atoms with van der Waals surface area (Å²) in [5.74, 6) is 0. The zero-order valence-corrected chi connectivity index (χ0v) is 29.6. The molecule has 0 N–H and O–H groups in total. The van der Waals surface area contributed by atoms with E-state index in [-0.39, 0.29) is 0 Å². The van der Waals surface area contributed by atoms with Crippen LogP contribution in [0.2, 0.25) is 0 Å². The lowest BCUT2D eigenvalue weighted by Gasteiger charge is -2.25. The van der Waals surface area contributed by atoms with Crippen molar-refractivity contribution in [2.75, 3.05) is 9.80 Å². The van der Waals surface area contributed by atoms with Gasteiger partial charge in [-0.05, 0) is 119 Å². The topological polar surface area (TPSA) is 40.6 Å². The minimum Gasteiger partial charge on any atom is -0.311 e. The second-order valence-electron chi connectivity index (χ2n) is 13.0. The van der Waals surface area contributed by atoms with E-state index in [1.165, 1.54) is 0 Å². The van der Waals surface area contributed by atoms with Crippen LogP contribution < -0.4 is 9.80 Å². The summed E-state index contributed by atoms with van der Waals surface area (Å²) in [7, 11) is -3.63. The van der Waals surface area contributed by atoms with Gasteiger partial charge in [-0.25, -0.2) is 8.42 Å². The Morgan fingerprint density at radius 1 is 0.283 bits per heavy atom. The number of benzene rings is 8. The van der Waals surface area contributed by atoms with Crippen molar-refractivity contribution < 1.29 is 8.42 Å². The molecule has 1 aliphatic rings. The molecule has 4 nitrogen and oxygen atoms in total. The van der Waals surface area contributed by atoms with Crippen LogP contribution in [-0.4, -0.2) is 8.42 Å². The standard InChI is InChI=1S/C48H34N2O2S/c51-53(52)47-31-25-37(35-21-27-43(28-22-35)49(39-13-5-1-6-14-39)40-15-7-2-8-16-40)33-45(47)46-34-38(26-32-48(46)53)36-23-29-44(30-24-36)50(41-17-9-3-10-18-41)42-19-11-4-12-20-42/h1-34H. The van der Waals surface area contributed by atoms with E-state index in [0.717, 1.165) is 67.5 Å². The summed E-state index contributed by atoms with van der Waals surface area (Å²) in [5, 5.41) is 0. The Hall–Kier alpha value is -6.69. The van der Waals surface area contributed by atoms with Crippen LogP contribution in [-0.2, 0) is 9.84 Å². The molecular weight excluding hydrogens is 669 g/mol. The number of anilines is 6. The van der Waals surface area contributed by atoms with Crippen LogP contribution in [0.3, 0.4) is 0 Å². The number of nitrogens with zero attached hydrogens (tertiary/aromatic N) is 2. The normalized spacial score (nSPS) is 12.5. The lowest BCUT2D eigenvalue weighted by molar-refractivity contribution is 0.598. The van der Waals surface area contributed by atoms with Crippen LogP contribution in [0.25, 0.3) is 33.4 Å². The number of sulfone groups is 1. The number of fused-ring (bicyclic) bond motifs is 3. The third kappa shape index (κ3) is 5.97. The first kappa shape index (κ1) is 32.2. The Balaban J connectivity index is 1.05. The molecule has 0 saturated carbocycles. The summed E-state index contributed by atoms with van der Waals surface area (Å²) in [6.45, 7) is 0. The molecule has 0 saturated heterocycles. The van der Waals surface area contributed by atoms with Crippen molar-refractivity contribution >= 4 is 44.0 Å². The molecule has 0 bridgehead atoms. The molecule has 0 aliphatic carbocycles. The SMILES string of the molecule is O=S1(=O)c2ccc(-c3ccc(N(c4ccccc4)c4ccccc4)cc3)cc2-c2cc(-c3ccc(N(c4ccccc4)c4ccccc4)cc3)ccc21. The molecule has 0 fully saturated rings. The molecule has 0 aromatic heterocycles. The van der Waals surface area contributed by atoms with E-state index in [4.69, 9.17) is 0 Å². The first-order valence-electron chi connectivity index (χ1n) is 17.6. The first-order chi connectivity index (χ1) is 26.0. The summed E-state index contributed by atoms with van der Waals surface area (Å²) in [6.07, 6.45) is 0. The van der Waals surface area contributed by atoms with Crippen molar-refractivity contribution in [3.8, 4) is 33.4 Å². The lowest BCUT2D eigenvalue weighted by atomic mass is 9.96. The molecule has 53 heavy (non-hydrogen) atoms. The summed E-state index contributed by atoms with van der Waals surface area (Å²) < 4.78 is 27.5. The van der Waals surface area contributed by atoms with Gasteiger partial charge < -0.3 is 9.80 Å². The molecule has 0 spiro atoms. The van der Waals surface area contributed by atoms with Gasteiger partial charge in [0.1, 0.15) is 0 Å². The van der Waals surface area contributed by atoms with Crippen molar-refractivity contribution in [1.29, 1.82) is 0 Å². The van der Waals surface area contributed by atoms with Gasteiger partial charge in [0.2, 0.25) is 9.84 Å². The Kier molecular flexibility index (Phi) is 8.18. The summed E-state index contributed by atoms with van der Waals surface area (Å²) in [4.78, 5) is 5.15. The fraction of sp³-hybridized carbons (Fsp3) is 0. The largest absolute Gasteiger partial charge is 0.311 e. The van der Waals surface area contributed by atoms with Crippen LogP contribution in [0.5, 0.6) is 0 Å². The molecule has 5 heteroatoms. The van der Waals surface area contributed by atoms with E-state index in [9.17, 15) is 8.42 Å². The van der Waals surface area contributed by atoms with E-state index in [0.29, 0.717) is 9.79 Å². The van der Waals surface area contributed by atoms with Crippen LogP contribution >= 0.6 is 0 Å². The Morgan fingerprint density at radius 3 is 0.849 bits per heavy atom. The van der Waals surface area contributed by atoms with E-state index >= 15 is 0 Å². The van der Waals surface area contributed by atoms with Crippen LogP contribution in [0, 0.1) is 0 Å². The predicted octanol–water partition coefficient (Wildman–Crippen LogP) is 12.8. The fourth-order valence-electron chi connectivity index (χ4n) is 7.24. The van der Waals surface area contributed by atoms with Gasteiger partial charge in [0, 0.05) is 45.3 Å². The van der Waals surface area contributed by atoms with Gasteiger partial charge in [0.05, 0.1) is 9.79 Å². The molecule has 9 rings (SSSR count). The van der Waals surface area contributed by atoms with Crippen LogP contribution in [0.15, 0.2) is 216 Å². The first-order valence-corrected chi connectivity index (χ1v) is 19.1. The van der Waals surface area contributed by atoms with E-state index in [1.807, 2.05) is 97.1 Å². The Morgan fingerprint density at radius 2 is 0.547 bits per heavy atom. The third-order valence-corrected chi connectivity index (χ3v) is 11.7. The van der Waals surface area contributed by atoms with Gasteiger partial charge in [-0.3, -0.25) is 0 Å². The highest BCUT2D eigenvalue weighted by Gasteiger charge is 2.33. The van der Waals surface area contributed by atoms with E-state index in [1.54, 1.807) is 12.1 Å². The molecule has 8 aromatic carbocycles. The van der Waals surface area contributed by atoms with Crippen LogP contribution in [0.4, 0.5) is 34.1 Å². The predicted molar refractivity (Wildman–Crippen MR) is 218 cm³/mol. The molecule has 0 amide bonds. The van der Waals surface area contributed by atoms with Gasteiger partial charge >= 0.3 is 0 Å². The Bertz CT molecular complexity index is 2390. The van der Waals surface area contributed by atoms with Crippen molar-refractivity contribution in [2.45, 2.75) is 9.79 Å². The molecule has 0 unspecified atom stereocenters. The fourth-order valence-corrected chi connectivity index (χ4v) is 8.88. The summed E-state index contributed by atoms with van der Waals surface area (Å²) in [6, 6.07) is 69.5. The number of rotatable bonds is 8. The molecule has 8 aromatic rings. The quantitative estimate of drug-likeness (QED) is 0.158. The smallest absolute Gasteiger partial charge is 0.207 e. The Labute approximate surface area is 310 Å². The van der Waals surface area contributed by atoms with Gasteiger partial charge in [0.25, 0.3) is 0 Å². The molecule has 254 valence electrons. The second kappa shape index (κ2) is 13.5. The zero-order chi connectivity index (χ0) is 35.8. The minimum atomic E-state index is -3.63.